The molecule has 1 N–H and O–H groups in total. The van der Waals surface area contributed by atoms with Gasteiger partial charge in [-0.2, -0.15) is 0 Å². The molecule has 32 heavy (non-hydrogen) atoms. The summed E-state index contributed by atoms with van der Waals surface area (Å²) in [7, 11) is -3.34. The highest BCUT2D eigenvalue weighted by molar-refractivity contribution is 7.91. The Morgan fingerprint density at radius 3 is 2.16 bits per heavy atom. The van der Waals surface area contributed by atoms with E-state index in [1.165, 1.54) is 0 Å². The molecule has 0 spiro atoms. The van der Waals surface area contributed by atoms with Crippen LogP contribution in [0.2, 0.25) is 0 Å². The molecular weight excluding hydrogens is 422 g/mol. The summed E-state index contributed by atoms with van der Waals surface area (Å²) < 4.78 is 25.3. The number of hydrogen-bond acceptors (Lipinski definition) is 5. The van der Waals surface area contributed by atoms with Gasteiger partial charge < -0.3 is 10.0 Å². The van der Waals surface area contributed by atoms with Crippen LogP contribution in [0.15, 0.2) is 65.6 Å². The first-order valence-corrected chi connectivity index (χ1v) is 12.8. The lowest BCUT2D eigenvalue weighted by Crippen LogP contribution is -2.24. The molecule has 0 aliphatic carbocycles. The van der Waals surface area contributed by atoms with E-state index in [9.17, 15) is 18.3 Å². The molecule has 0 heterocycles. The van der Waals surface area contributed by atoms with Gasteiger partial charge in [-0.25, -0.2) is 8.42 Å². The molecule has 0 aromatic heterocycles. The van der Waals surface area contributed by atoms with Gasteiger partial charge in [-0.05, 0) is 73.1 Å². The van der Waals surface area contributed by atoms with Gasteiger partial charge in [0.25, 0.3) is 0 Å². The first-order chi connectivity index (χ1) is 15.3. The highest BCUT2D eigenvalue weighted by atomic mass is 32.2. The number of fused-ring (bicyclic) bond motifs is 1. The first-order valence-electron chi connectivity index (χ1n) is 11.1. The summed E-state index contributed by atoms with van der Waals surface area (Å²) in [5, 5.41) is 12.0. The number of phenols is 1. The molecule has 0 radical (unpaired) electrons. The van der Waals surface area contributed by atoms with Crippen LogP contribution >= 0.6 is 0 Å². The standard InChI is InChI=1S/C26H31NO4S/c1-3-27(4-2)15-7-8-16-32(30,31)23-13-11-20(12-14-23)17-25(28)24-18-21-9-5-6-10-22(21)19-26(24)29/h5-6,9-14,18-19,29H,3-4,7-8,15-17H2,1-2H3. The minimum absolute atomic E-state index is 0.0439. The number of unbranched alkanes of at least 4 members (excludes halogenated alkanes) is 1. The second kappa shape index (κ2) is 10.7. The van der Waals surface area contributed by atoms with Crippen molar-refractivity contribution in [2.75, 3.05) is 25.4 Å². The van der Waals surface area contributed by atoms with Crippen molar-refractivity contribution >= 4 is 26.4 Å². The SMILES string of the molecule is CCN(CC)CCCCS(=O)(=O)c1ccc(CC(=O)c2cc3ccccc3cc2O)cc1. The van der Waals surface area contributed by atoms with Crippen molar-refractivity contribution in [2.24, 2.45) is 0 Å². The Morgan fingerprint density at radius 2 is 1.53 bits per heavy atom. The lowest BCUT2D eigenvalue weighted by atomic mass is 9.99. The molecule has 0 fully saturated rings. The summed E-state index contributed by atoms with van der Waals surface area (Å²) in [5.74, 6) is -0.129. The van der Waals surface area contributed by atoms with Crippen molar-refractivity contribution in [3.05, 3.63) is 71.8 Å². The maximum Gasteiger partial charge on any atom is 0.178 e. The van der Waals surface area contributed by atoms with Crippen LogP contribution < -0.4 is 0 Å². The third-order valence-electron chi connectivity index (χ3n) is 5.84. The number of carbonyl (C=O) groups is 1. The maximum absolute atomic E-state index is 12.8. The van der Waals surface area contributed by atoms with Crippen molar-refractivity contribution in [3.63, 3.8) is 0 Å². The Morgan fingerprint density at radius 1 is 0.906 bits per heavy atom. The van der Waals surface area contributed by atoms with Gasteiger partial charge in [-0.15, -0.1) is 0 Å². The van der Waals surface area contributed by atoms with E-state index < -0.39 is 9.84 Å². The van der Waals surface area contributed by atoms with Crippen molar-refractivity contribution in [2.45, 2.75) is 38.0 Å². The van der Waals surface area contributed by atoms with Crippen LogP contribution in [0, 0.1) is 0 Å². The van der Waals surface area contributed by atoms with Crippen molar-refractivity contribution in [3.8, 4) is 5.75 Å². The number of sulfone groups is 1. The molecule has 3 aromatic rings. The molecule has 0 atom stereocenters. The molecule has 0 bridgehead atoms. The van der Waals surface area contributed by atoms with Gasteiger partial charge in [0.1, 0.15) is 5.75 Å². The normalized spacial score (nSPS) is 11.8. The summed E-state index contributed by atoms with van der Waals surface area (Å²) in [4.78, 5) is 15.3. The minimum Gasteiger partial charge on any atom is -0.507 e. The summed E-state index contributed by atoms with van der Waals surface area (Å²) >= 11 is 0. The van der Waals surface area contributed by atoms with Gasteiger partial charge in [0.05, 0.1) is 16.2 Å². The molecule has 5 nitrogen and oxygen atoms in total. The van der Waals surface area contributed by atoms with Gasteiger partial charge in [-0.3, -0.25) is 4.79 Å². The lowest BCUT2D eigenvalue weighted by Gasteiger charge is -2.17. The summed E-state index contributed by atoms with van der Waals surface area (Å²) in [6.45, 7) is 7.06. The van der Waals surface area contributed by atoms with E-state index in [1.54, 1.807) is 36.4 Å². The molecule has 0 unspecified atom stereocenters. The second-order valence-corrected chi connectivity index (χ2v) is 10.1. The van der Waals surface area contributed by atoms with Crippen LogP contribution in [0.3, 0.4) is 0 Å². The highest BCUT2D eigenvalue weighted by Crippen LogP contribution is 2.26. The van der Waals surface area contributed by atoms with Crippen LogP contribution in [-0.2, 0) is 16.3 Å². The number of carbonyl (C=O) groups excluding carboxylic acids is 1. The lowest BCUT2D eigenvalue weighted by molar-refractivity contribution is 0.0990. The minimum atomic E-state index is -3.34. The number of aromatic hydroxyl groups is 1. The number of ketones is 1. The second-order valence-electron chi connectivity index (χ2n) is 8.01. The molecule has 0 aliphatic heterocycles. The van der Waals surface area contributed by atoms with Crippen molar-refractivity contribution < 1.29 is 18.3 Å². The Kier molecular flexibility index (Phi) is 8.04. The maximum atomic E-state index is 12.8. The summed E-state index contributed by atoms with van der Waals surface area (Å²) in [6.07, 6.45) is 1.57. The molecular formula is C26H31NO4S. The van der Waals surface area contributed by atoms with Crippen LogP contribution in [0.4, 0.5) is 0 Å². The number of nitrogens with zero attached hydrogens (tertiary/aromatic N) is 1. The van der Waals surface area contributed by atoms with Crippen molar-refractivity contribution in [1.82, 2.24) is 4.90 Å². The number of Topliss-reactive ketones (excluding diaryl/α,β-unsaturated/α-hetero) is 1. The molecule has 6 heteroatoms. The third-order valence-corrected chi connectivity index (χ3v) is 7.66. The van der Waals surface area contributed by atoms with E-state index in [1.807, 2.05) is 24.3 Å². The van der Waals surface area contributed by atoms with Gasteiger partial charge in [0.2, 0.25) is 0 Å². The molecule has 3 aromatic carbocycles. The van der Waals surface area contributed by atoms with Gasteiger partial charge in [-0.1, -0.05) is 50.2 Å². The Bertz CT molecular complexity index is 1170. The Labute approximate surface area is 190 Å². The number of phenolic OH excluding ortho intramolecular Hbond substituents is 1. The smallest absolute Gasteiger partial charge is 0.178 e. The van der Waals surface area contributed by atoms with Crippen molar-refractivity contribution in [1.29, 1.82) is 0 Å². The fourth-order valence-corrected chi connectivity index (χ4v) is 5.20. The van der Waals surface area contributed by atoms with E-state index in [4.69, 9.17) is 0 Å². The predicted octanol–water partition coefficient (Wildman–Crippen LogP) is 4.87. The fraction of sp³-hybridized carbons (Fsp3) is 0.346. The average Bonchev–Trinajstić information content (AvgIpc) is 2.79. The van der Waals surface area contributed by atoms with E-state index >= 15 is 0 Å². The van der Waals surface area contributed by atoms with Crippen LogP contribution in [0.25, 0.3) is 10.8 Å². The van der Waals surface area contributed by atoms with Crippen LogP contribution in [0.1, 0.15) is 42.6 Å². The topological polar surface area (TPSA) is 74.7 Å². The summed E-state index contributed by atoms with van der Waals surface area (Å²) in [5.41, 5.74) is 0.983. The zero-order chi connectivity index (χ0) is 23.1. The van der Waals surface area contributed by atoms with Gasteiger partial charge in [0.15, 0.2) is 15.6 Å². The highest BCUT2D eigenvalue weighted by Gasteiger charge is 2.16. The molecule has 3 rings (SSSR count). The van der Waals surface area contributed by atoms with Crippen LogP contribution in [0.5, 0.6) is 5.75 Å². The van der Waals surface area contributed by atoms with E-state index in [0.717, 1.165) is 36.8 Å². The van der Waals surface area contributed by atoms with Crippen LogP contribution in [-0.4, -0.2) is 49.6 Å². The summed E-state index contributed by atoms with van der Waals surface area (Å²) in [6, 6.07) is 17.3. The molecule has 0 aliphatic rings. The Hall–Kier alpha value is -2.70. The van der Waals surface area contributed by atoms with Gasteiger partial charge in [0, 0.05) is 6.42 Å². The molecule has 0 amide bonds. The monoisotopic (exact) mass is 453 g/mol. The van der Waals surface area contributed by atoms with E-state index in [0.29, 0.717) is 12.0 Å². The van der Waals surface area contributed by atoms with Gasteiger partial charge >= 0.3 is 0 Å². The number of benzene rings is 3. The molecule has 0 saturated heterocycles. The first kappa shape index (κ1) is 24.0. The number of hydrogen-bond donors (Lipinski definition) is 1. The van der Waals surface area contributed by atoms with E-state index in [2.05, 4.69) is 18.7 Å². The van der Waals surface area contributed by atoms with E-state index in [-0.39, 0.29) is 34.2 Å². The average molecular weight is 454 g/mol. The Balaban J connectivity index is 1.63. The zero-order valence-corrected chi connectivity index (χ0v) is 19.6. The quantitative estimate of drug-likeness (QED) is 0.331. The molecule has 0 saturated carbocycles. The fourth-order valence-electron chi connectivity index (χ4n) is 3.83. The third kappa shape index (κ3) is 5.96. The zero-order valence-electron chi connectivity index (χ0n) is 18.8. The molecule has 170 valence electrons. The largest absolute Gasteiger partial charge is 0.507 e. The predicted molar refractivity (Wildman–Crippen MR) is 129 cm³/mol. The number of rotatable bonds is 11.